The number of nitrogens with one attached hydrogen (secondary N) is 2. The lowest BCUT2D eigenvalue weighted by molar-refractivity contribution is 1.37. The Hall–Kier alpha value is -3.18. The minimum Gasteiger partial charge on any atom is -0.380 e. The third-order valence-corrected chi connectivity index (χ3v) is 3.91. The Bertz CT molecular complexity index is 907. The highest BCUT2D eigenvalue weighted by Crippen LogP contribution is 2.32. The fraction of sp³-hybridized carbons (Fsp3) is 0.0476. The Morgan fingerprint density at radius 3 is 2.57 bits per heavy atom. The first kappa shape index (κ1) is 13.5. The molecule has 0 amide bonds. The molecule has 0 atom stereocenters. The fourth-order valence-corrected chi connectivity index (χ4v) is 2.74. The van der Waals surface area contributed by atoms with E-state index in [4.69, 9.17) is 0 Å². The molecule has 2 N–H and O–H groups in total. The van der Waals surface area contributed by atoms with Crippen molar-refractivity contribution < 1.29 is 0 Å². The third kappa shape index (κ3) is 2.90. The Labute approximate surface area is 135 Å². The maximum absolute atomic E-state index is 3.43. The van der Waals surface area contributed by atoms with Crippen molar-refractivity contribution in [3.05, 3.63) is 89.2 Å². The van der Waals surface area contributed by atoms with Crippen LogP contribution in [0.2, 0.25) is 0 Å². The molecule has 2 nitrogen and oxygen atoms in total. The first-order valence-corrected chi connectivity index (χ1v) is 7.68. The molecule has 0 bridgehead atoms. The van der Waals surface area contributed by atoms with Gasteiger partial charge in [-0.1, -0.05) is 30.0 Å². The van der Waals surface area contributed by atoms with Gasteiger partial charge >= 0.3 is 0 Å². The van der Waals surface area contributed by atoms with Crippen LogP contribution < -0.4 is 5.32 Å². The van der Waals surface area contributed by atoms with Crippen molar-refractivity contribution >= 4 is 17.3 Å². The second-order valence-electron chi connectivity index (χ2n) is 5.52. The lowest BCUT2D eigenvalue weighted by Gasteiger charge is -2.00. The van der Waals surface area contributed by atoms with Gasteiger partial charge in [0.05, 0.1) is 0 Å². The van der Waals surface area contributed by atoms with Gasteiger partial charge in [-0.2, -0.15) is 0 Å². The van der Waals surface area contributed by atoms with E-state index in [-0.39, 0.29) is 0 Å². The van der Waals surface area contributed by atoms with Gasteiger partial charge in [-0.15, -0.1) is 0 Å². The summed E-state index contributed by atoms with van der Waals surface area (Å²) in [5.74, 6) is 6.47. The molecule has 2 heterocycles. The average molecular weight is 296 g/mol. The van der Waals surface area contributed by atoms with E-state index in [1.165, 1.54) is 16.8 Å². The Morgan fingerprint density at radius 1 is 0.870 bits per heavy atom. The predicted molar refractivity (Wildman–Crippen MR) is 96.0 cm³/mol. The molecule has 2 aromatic carbocycles. The van der Waals surface area contributed by atoms with Crippen LogP contribution in [-0.4, -0.2) is 11.5 Å². The minimum atomic E-state index is 0.851. The summed E-state index contributed by atoms with van der Waals surface area (Å²) in [7, 11) is 0. The van der Waals surface area contributed by atoms with Gasteiger partial charge in [-0.25, -0.2) is 0 Å². The highest BCUT2D eigenvalue weighted by atomic mass is 14.9. The molecule has 0 unspecified atom stereocenters. The first-order chi connectivity index (χ1) is 11.4. The molecule has 1 aromatic heterocycles. The summed E-state index contributed by atoms with van der Waals surface area (Å²) in [5.41, 5.74) is 6.88. The molecule has 3 aromatic rings. The molecule has 4 rings (SSSR count). The number of hydrogen-bond acceptors (Lipinski definition) is 1. The molecular weight excluding hydrogens is 280 g/mol. The molecule has 0 radical (unpaired) electrons. The van der Waals surface area contributed by atoms with Crippen LogP contribution in [0.15, 0.2) is 66.9 Å². The largest absolute Gasteiger partial charge is 0.380 e. The number of fused-ring (bicyclic) bond motifs is 1. The smallest absolute Gasteiger partial charge is 0.0420 e. The molecule has 23 heavy (non-hydrogen) atoms. The van der Waals surface area contributed by atoms with Gasteiger partial charge in [-0.05, 0) is 54.1 Å². The van der Waals surface area contributed by atoms with Crippen LogP contribution in [0.25, 0.3) is 11.6 Å². The number of anilines is 1. The number of rotatable bonds is 1. The van der Waals surface area contributed by atoms with Crippen molar-refractivity contribution in [3.8, 4) is 11.8 Å². The zero-order valence-electron chi connectivity index (χ0n) is 12.6. The highest BCUT2D eigenvalue weighted by molar-refractivity contribution is 5.92. The van der Waals surface area contributed by atoms with E-state index in [0.717, 1.165) is 23.4 Å². The van der Waals surface area contributed by atoms with Gasteiger partial charge in [0, 0.05) is 40.8 Å². The van der Waals surface area contributed by atoms with Crippen LogP contribution in [0.1, 0.15) is 22.4 Å². The van der Waals surface area contributed by atoms with E-state index in [1.54, 1.807) is 0 Å². The van der Waals surface area contributed by atoms with Gasteiger partial charge in [0.2, 0.25) is 0 Å². The fourth-order valence-electron chi connectivity index (χ4n) is 2.74. The second kappa shape index (κ2) is 5.90. The summed E-state index contributed by atoms with van der Waals surface area (Å²) >= 11 is 0. The van der Waals surface area contributed by atoms with Crippen LogP contribution in [0.3, 0.4) is 0 Å². The van der Waals surface area contributed by atoms with E-state index >= 15 is 0 Å². The zero-order chi connectivity index (χ0) is 15.5. The zero-order valence-corrected chi connectivity index (χ0v) is 12.6. The molecule has 110 valence electrons. The van der Waals surface area contributed by atoms with Gasteiger partial charge in [0.15, 0.2) is 0 Å². The number of aromatic amines is 1. The number of benzene rings is 2. The van der Waals surface area contributed by atoms with Gasteiger partial charge in [0.1, 0.15) is 0 Å². The van der Waals surface area contributed by atoms with Crippen LogP contribution in [0.5, 0.6) is 0 Å². The average Bonchev–Trinajstić information content (AvgIpc) is 3.24. The quantitative estimate of drug-likeness (QED) is 0.641. The SMILES string of the molecule is C(#Cc1ccc2c(c1)/C(=C/c1ccc[nH]1)CN2)c1ccccc1. The maximum Gasteiger partial charge on any atom is 0.0420 e. The predicted octanol–water partition coefficient (Wildman–Crippen LogP) is 4.38. The molecule has 0 fully saturated rings. The third-order valence-electron chi connectivity index (χ3n) is 3.91. The molecule has 0 saturated heterocycles. The maximum atomic E-state index is 3.43. The number of aromatic nitrogens is 1. The molecule has 1 aliphatic rings. The molecule has 1 aliphatic heterocycles. The Kier molecular flexibility index (Phi) is 3.46. The van der Waals surface area contributed by atoms with Crippen LogP contribution in [-0.2, 0) is 0 Å². The Morgan fingerprint density at radius 2 is 1.74 bits per heavy atom. The molecule has 2 heteroatoms. The highest BCUT2D eigenvalue weighted by Gasteiger charge is 2.15. The second-order valence-corrected chi connectivity index (χ2v) is 5.52. The van der Waals surface area contributed by atoms with E-state index in [9.17, 15) is 0 Å². The summed E-state index contributed by atoms with van der Waals surface area (Å²) in [5, 5.41) is 3.43. The minimum absolute atomic E-state index is 0.851. The van der Waals surface area contributed by atoms with Crippen LogP contribution in [0, 0.1) is 11.8 Å². The van der Waals surface area contributed by atoms with Crippen molar-refractivity contribution in [1.82, 2.24) is 4.98 Å². The summed E-state index contributed by atoms with van der Waals surface area (Å²) in [6.45, 7) is 0.851. The summed E-state index contributed by atoms with van der Waals surface area (Å²) in [6, 6.07) is 20.5. The first-order valence-electron chi connectivity index (χ1n) is 7.68. The molecule has 0 aliphatic carbocycles. The van der Waals surface area contributed by atoms with Gasteiger partial charge in [0.25, 0.3) is 0 Å². The van der Waals surface area contributed by atoms with Crippen molar-refractivity contribution in [2.45, 2.75) is 0 Å². The topological polar surface area (TPSA) is 27.8 Å². The Balaban J connectivity index is 1.67. The van der Waals surface area contributed by atoms with Crippen LogP contribution in [0.4, 0.5) is 5.69 Å². The van der Waals surface area contributed by atoms with Gasteiger partial charge in [-0.3, -0.25) is 0 Å². The summed E-state index contributed by atoms with van der Waals surface area (Å²) < 4.78 is 0. The van der Waals surface area contributed by atoms with Crippen molar-refractivity contribution in [2.24, 2.45) is 0 Å². The summed E-state index contributed by atoms with van der Waals surface area (Å²) in [4.78, 5) is 3.22. The molecule has 0 spiro atoms. The van der Waals surface area contributed by atoms with Crippen molar-refractivity contribution in [2.75, 3.05) is 11.9 Å². The van der Waals surface area contributed by atoms with Crippen molar-refractivity contribution in [3.63, 3.8) is 0 Å². The molecule has 0 saturated carbocycles. The number of H-pyrrole nitrogens is 1. The number of hydrogen-bond donors (Lipinski definition) is 2. The molecular formula is C21H16N2. The van der Waals surface area contributed by atoms with E-state index in [0.29, 0.717) is 0 Å². The standard InChI is InChI=1S/C21H16N2/c1-2-5-16(6-3-1)8-9-17-10-11-21-20(13-17)18(15-23-21)14-19-7-4-12-22-19/h1-7,10-14,22-23H,15H2/b18-14+. The normalized spacial score (nSPS) is 14.0. The van der Waals surface area contributed by atoms with E-state index < -0.39 is 0 Å². The van der Waals surface area contributed by atoms with Gasteiger partial charge < -0.3 is 10.3 Å². The monoisotopic (exact) mass is 296 g/mol. The lowest BCUT2D eigenvalue weighted by Crippen LogP contribution is -1.91. The van der Waals surface area contributed by atoms with E-state index in [2.05, 4.69) is 52.5 Å². The van der Waals surface area contributed by atoms with Crippen molar-refractivity contribution in [1.29, 1.82) is 0 Å². The van der Waals surface area contributed by atoms with E-state index in [1.807, 2.05) is 42.6 Å². The lowest BCUT2D eigenvalue weighted by atomic mass is 10.0. The summed E-state index contributed by atoms with van der Waals surface area (Å²) in [6.07, 6.45) is 4.13. The van der Waals surface area contributed by atoms with Crippen LogP contribution >= 0.6 is 0 Å².